The van der Waals surface area contributed by atoms with Gasteiger partial charge in [-0.05, 0) is 37.7 Å². The Morgan fingerprint density at radius 3 is 3.10 bits per heavy atom. The summed E-state index contributed by atoms with van der Waals surface area (Å²) in [5.74, 6) is 2.69. The zero-order chi connectivity index (χ0) is 13.9. The van der Waals surface area contributed by atoms with Crippen molar-refractivity contribution in [3.05, 3.63) is 18.2 Å². The van der Waals surface area contributed by atoms with Crippen LogP contribution < -0.4 is 10.5 Å². The first kappa shape index (κ1) is 13.6. The summed E-state index contributed by atoms with van der Waals surface area (Å²) in [7, 11) is 0. The molecular formula is C15H21N3OS. The largest absolute Gasteiger partial charge is 0.492 e. The Morgan fingerprint density at radius 1 is 1.45 bits per heavy atom. The highest BCUT2D eigenvalue weighted by atomic mass is 32.2. The minimum atomic E-state index is 0.596. The van der Waals surface area contributed by atoms with Gasteiger partial charge in [0, 0.05) is 11.8 Å². The number of anilines is 1. The molecule has 3 rings (SSSR count). The molecule has 0 spiro atoms. The van der Waals surface area contributed by atoms with Crippen LogP contribution in [-0.2, 0) is 6.54 Å². The van der Waals surface area contributed by atoms with Crippen molar-refractivity contribution in [1.82, 2.24) is 9.55 Å². The fourth-order valence-corrected chi connectivity index (χ4v) is 4.05. The molecular weight excluding hydrogens is 270 g/mol. The molecule has 1 aliphatic rings. The third kappa shape index (κ3) is 2.59. The first-order valence-corrected chi connectivity index (χ1v) is 8.33. The van der Waals surface area contributed by atoms with Gasteiger partial charge in [-0.2, -0.15) is 11.8 Å². The van der Waals surface area contributed by atoms with Gasteiger partial charge >= 0.3 is 0 Å². The number of aromatic nitrogens is 2. The van der Waals surface area contributed by atoms with E-state index in [1.165, 1.54) is 25.0 Å². The molecule has 0 amide bonds. The molecule has 0 saturated carbocycles. The van der Waals surface area contributed by atoms with Crippen molar-refractivity contribution in [2.24, 2.45) is 0 Å². The molecule has 1 aromatic heterocycles. The zero-order valence-electron chi connectivity index (χ0n) is 11.8. The molecule has 1 aliphatic heterocycles. The maximum atomic E-state index is 6.12. The number of rotatable bonds is 4. The Kier molecular flexibility index (Phi) is 4.05. The fourth-order valence-electron chi connectivity index (χ4n) is 2.76. The van der Waals surface area contributed by atoms with E-state index in [0.29, 0.717) is 17.8 Å². The summed E-state index contributed by atoms with van der Waals surface area (Å²) in [6.07, 6.45) is 3.94. The van der Waals surface area contributed by atoms with E-state index in [-0.39, 0.29) is 0 Å². The minimum absolute atomic E-state index is 0.596. The van der Waals surface area contributed by atoms with Gasteiger partial charge in [0.2, 0.25) is 5.95 Å². The standard InChI is InChI=1S/C15H21N3OS/c1-2-19-13-8-5-7-12-14(13)17-15(16)18(12)10-11-6-3-4-9-20-11/h5,7-8,11H,2-4,6,9-10H2,1H3,(H2,16,17). The lowest BCUT2D eigenvalue weighted by atomic mass is 10.2. The third-order valence-corrected chi connectivity index (χ3v) is 5.11. The lowest BCUT2D eigenvalue weighted by Gasteiger charge is -2.22. The predicted molar refractivity (Wildman–Crippen MR) is 85.4 cm³/mol. The van der Waals surface area contributed by atoms with Gasteiger partial charge in [-0.25, -0.2) is 4.98 Å². The number of nitrogens with two attached hydrogens (primary N) is 1. The monoisotopic (exact) mass is 291 g/mol. The van der Waals surface area contributed by atoms with Crippen molar-refractivity contribution in [1.29, 1.82) is 0 Å². The van der Waals surface area contributed by atoms with E-state index >= 15 is 0 Å². The minimum Gasteiger partial charge on any atom is -0.492 e. The van der Waals surface area contributed by atoms with E-state index in [2.05, 4.69) is 27.4 Å². The summed E-state index contributed by atoms with van der Waals surface area (Å²) < 4.78 is 7.78. The second-order valence-corrected chi connectivity index (χ2v) is 6.53. The van der Waals surface area contributed by atoms with Gasteiger partial charge in [0.15, 0.2) is 0 Å². The van der Waals surface area contributed by atoms with E-state index in [1.807, 2.05) is 19.1 Å². The first-order chi connectivity index (χ1) is 9.79. The van der Waals surface area contributed by atoms with Gasteiger partial charge < -0.3 is 15.0 Å². The summed E-state index contributed by atoms with van der Waals surface area (Å²) in [6, 6.07) is 6.05. The maximum absolute atomic E-state index is 6.12. The molecule has 2 heterocycles. The zero-order valence-corrected chi connectivity index (χ0v) is 12.7. The number of ether oxygens (including phenoxy) is 1. The van der Waals surface area contributed by atoms with Crippen LogP contribution >= 0.6 is 11.8 Å². The molecule has 1 saturated heterocycles. The number of thioether (sulfide) groups is 1. The van der Waals surface area contributed by atoms with Crippen molar-refractivity contribution in [2.75, 3.05) is 18.1 Å². The predicted octanol–water partition coefficient (Wildman–Crippen LogP) is 3.30. The molecule has 0 radical (unpaired) electrons. The molecule has 5 heteroatoms. The number of hydrogen-bond acceptors (Lipinski definition) is 4. The average Bonchev–Trinajstić information content (AvgIpc) is 2.78. The van der Waals surface area contributed by atoms with Crippen molar-refractivity contribution in [3.8, 4) is 5.75 Å². The summed E-state index contributed by atoms with van der Waals surface area (Å²) in [4.78, 5) is 4.50. The van der Waals surface area contributed by atoms with Crippen LogP contribution in [0.15, 0.2) is 18.2 Å². The van der Waals surface area contributed by atoms with E-state index < -0.39 is 0 Å². The van der Waals surface area contributed by atoms with Gasteiger partial charge in [-0.15, -0.1) is 0 Å². The van der Waals surface area contributed by atoms with Gasteiger partial charge in [0.25, 0.3) is 0 Å². The SMILES string of the molecule is CCOc1cccc2c1nc(N)n2CC1CCCCS1. The molecule has 0 aliphatic carbocycles. The van der Waals surface area contributed by atoms with Gasteiger partial charge in [-0.1, -0.05) is 12.5 Å². The summed E-state index contributed by atoms with van der Waals surface area (Å²) in [5.41, 5.74) is 8.09. The highest BCUT2D eigenvalue weighted by Crippen LogP contribution is 2.31. The van der Waals surface area contributed by atoms with Gasteiger partial charge in [-0.3, -0.25) is 0 Å². The maximum Gasteiger partial charge on any atom is 0.201 e. The van der Waals surface area contributed by atoms with E-state index in [1.54, 1.807) is 0 Å². The van der Waals surface area contributed by atoms with Crippen molar-refractivity contribution in [3.63, 3.8) is 0 Å². The third-order valence-electron chi connectivity index (χ3n) is 3.73. The first-order valence-electron chi connectivity index (χ1n) is 7.28. The van der Waals surface area contributed by atoms with Crippen molar-refractivity contribution >= 4 is 28.7 Å². The molecule has 1 atom stereocenters. The Morgan fingerprint density at radius 2 is 2.35 bits per heavy atom. The lowest BCUT2D eigenvalue weighted by Crippen LogP contribution is -2.18. The van der Waals surface area contributed by atoms with Gasteiger partial charge in [0.05, 0.1) is 12.1 Å². The molecule has 2 N–H and O–H groups in total. The normalized spacial score (nSPS) is 19.4. The number of benzene rings is 1. The van der Waals surface area contributed by atoms with Crippen LogP contribution in [-0.4, -0.2) is 27.2 Å². The van der Waals surface area contributed by atoms with Crippen LogP contribution in [0.5, 0.6) is 5.75 Å². The average molecular weight is 291 g/mol. The molecule has 2 aromatic rings. The Bertz CT molecular complexity index is 590. The number of para-hydroxylation sites is 1. The highest BCUT2D eigenvalue weighted by molar-refractivity contribution is 7.99. The Labute approximate surface area is 123 Å². The molecule has 1 fully saturated rings. The molecule has 0 bridgehead atoms. The Hall–Kier alpha value is -1.36. The van der Waals surface area contributed by atoms with Crippen LogP contribution in [0.4, 0.5) is 5.95 Å². The number of nitrogen functional groups attached to an aromatic ring is 1. The fraction of sp³-hybridized carbons (Fsp3) is 0.533. The van der Waals surface area contributed by atoms with Crippen LogP contribution in [0, 0.1) is 0 Å². The van der Waals surface area contributed by atoms with Gasteiger partial charge in [0.1, 0.15) is 11.3 Å². The summed E-state index contributed by atoms with van der Waals surface area (Å²) in [6.45, 7) is 3.57. The van der Waals surface area contributed by atoms with E-state index in [4.69, 9.17) is 10.5 Å². The van der Waals surface area contributed by atoms with Crippen molar-refractivity contribution in [2.45, 2.75) is 38.0 Å². The number of fused-ring (bicyclic) bond motifs is 1. The van der Waals surface area contributed by atoms with Crippen LogP contribution in [0.2, 0.25) is 0 Å². The molecule has 108 valence electrons. The lowest BCUT2D eigenvalue weighted by molar-refractivity contribution is 0.343. The molecule has 1 unspecified atom stereocenters. The van der Waals surface area contributed by atoms with Crippen LogP contribution in [0.1, 0.15) is 26.2 Å². The van der Waals surface area contributed by atoms with Crippen LogP contribution in [0.3, 0.4) is 0 Å². The van der Waals surface area contributed by atoms with E-state index in [9.17, 15) is 0 Å². The number of imidazole rings is 1. The highest BCUT2D eigenvalue weighted by Gasteiger charge is 2.18. The smallest absolute Gasteiger partial charge is 0.201 e. The van der Waals surface area contributed by atoms with Crippen molar-refractivity contribution < 1.29 is 4.74 Å². The second-order valence-electron chi connectivity index (χ2n) is 5.13. The Balaban J connectivity index is 1.93. The quantitative estimate of drug-likeness (QED) is 0.939. The van der Waals surface area contributed by atoms with E-state index in [0.717, 1.165) is 23.3 Å². The number of hydrogen-bond donors (Lipinski definition) is 1. The summed E-state index contributed by atoms with van der Waals surface area (Å²) >= 11 is 2.06. The summed E-state index contributed by atoms with van der Waals surface area (Å²) in [5, 5.41) is 0.652. The molecule has 1 aromatic carbocycles. The number of nitrogens with zero attached hydrogens (tertiary/aromatic N) is 2. The second kappa shape index (κ2) is 5.95. The van der Waals surface area contributed by atoms with Crippen LogP contribution in [0.25, 0.3) is 11.0 Å². The molecule has 20 heavy (non-hydrogen) atoms. The topological polar surface area (TPSA) is 53.1 Å². The molecule has 4 nitrogen and oxygen atoms in total.